The summed E-state index contributed by atoms with van der Waals surface area (Å²) in [5.41, 5.74) is 4.17. The smallest absolute Gasteiger partial charge is 0.0532 e. The van der Waals surface area contributed by atoms with Gasteiger partial charge in [-0.3, -0.25) is 4.90 Å². The van der Waals surface area contributed by atoms with Crippen LogP contribution in [-0.4, -0.2) is 31.1 Å². The van der Waals surface area contributed by atoms with Crippen LogP contribution in [-0.2, 0) is 0 Å². The molecule has 1 fully saturated rings. The van der Waals surface area contributed by atoms with Crippen molar-refractivity contribution in [3.8, 4) is 0 Å². The highest BCUT2D eigenvalue weighted by Crippen LogP contribution is 2.26. The number of hydrogen-bond acceptors (Lipinski definition) is 2. The first-order valence-electron chi connectivity index (χ1n) is 6.37. The highest BCUT2D eigenvalue weighted by atomic mass is 15.2. The number of hydrogen-bond donors (Lipinski definition) is 1. The predicted molar refractivity (Wildman–Crippen MR) is 73.3 cm³/mol. The van der Waals surface area contributed by atoms with Crippen LogP contribution in [0.1, 0.15) is 22.7 Å². The van der Waals surface area contributed by atoms with Gasteiger partial charge in [0.05, 0.1) is 6.04 Å². The average Bonchev–Trinajstić information content (AvgIpc) is 2.37. The number of nitrogens with one attached hydrogen (secondary N) is 1. The Morgan fingerprint density at radius 1 is 1.29 bits per heavy atom. The third-order valence-electron chi connectivity index (χ3n) is 3.73. The Morgan fingerprint density at radius 2 is 2.00 bits per heavy atom. The van der Waals surface area contributed by atoms with Crippen LogP contribution in [0.4, 0.5) is 0 Å². The lowest BCUT2D eigenvalue weighted by atomic mass is 9.96. The van der Waals surface area contributed by atoms with Gasteiger partial charge in [0.1, 0.15) is 0 Å². The van der Waals surface area contributed by atoms with Crippen molar-refractivity contribution in [3.05, 3.63) is 47.5 Å². The minimum atomic E-state index is 0.358. The topological polar surface area (TPSA) is 15.3 Å². The molecular weight excluding hydrogens is 208 g/mol. The van der Waals surface area contributed by atoms with Crippen LogP contribution in [0, 0.1) is 13.8 Å². The first kappa shape index (κ1) is 12.3. The lowest BCUT2D eigenvalue weighted by Crippen LogP contribution is -2.44. The number of rotatable bonds is 3. The fraction of sp³-hybridized carbons (Fsp3) is 0.467. The minimum Gasteiger partial charge on any atom is -0.314 e. The average molecular weight is 230 g/mol. The van der Waals surface area contributed by atoms with E-state index in [2.05, 4.69) is 54.9 Å². The molecule has 0 spiro atoms. The Labute approximate surface area is 104 Å². The van der Waals surface area contributed by atoms with E-state index in [0.29, 0.717) is 6.04 Å². The van der Waals surface area contributed by atoms with Gasteiger partial charge in [0.15, 0.2) is 0 Å². The van der Waals surface area contributed by atoms with Gasteiger partial charge in [-0.15, -0.1) is 6.58 Å². The molecule has 0 aromatic heterocycles. The molecule has 0 amide bonds. The second-order valence-corrected chi connectivity index (χ2v) is 4.76. The van der Waals surface area contributed by atoms with E-state index in [0.717, 1.165) is 26.2 Å². The summed E-state index contributed by atoms with van der Waals surface area (Å²) in [6.45, 7) is 12.8. The van der Waals surface area contributed by atoms with E-state index < -0.39 is 0 Å². The van der Waals surface area contributed by atoms with E-state index >= 15 is 0 Å². The molecule has 0 radical (unpaired) electrons. The van der Waals surface area contributed by atoms with Gasteiger partial charge in [0, 0.05) is 26.2 Å². The van der Waals surface area contributed by atoms with Gasteiger partial charge in [-0.05, 0) is 30.5 Å². The van der Waals surface area contributed by atoms with Crippen molar-refractivity contribution < 1.29 is 0 Å². The molecule has 1 aromatic rings. The second kappa shape index (κ2) is 5.48. The SMILES string of the molecule is C=C[C@H](c1cccc(C)c1C)N1CCNCC1. The van der Waals surface area contributed by atoms with Gasteiger partial charge in [0.25, 0.3) is 0 Å². The van der Waals surface area contributed by atoms with Crippen molar-refractivity contribution in [3.63, 3.8) is 0 Å². The maximum Gasteiger partial charge on any atom is 0.0532 e. The summed E-state index contributed by atoms with van der Waals surface area (Å²) >= 11 is 0. The van der Waals surface area contributed by atoms with Gasteiger partial charge in [0.2, 0.25) is 0 Å². The van der Waals surface area contributed by atoms with E-state index in [9.17, 15) is 0 Å². The number of aryl methyl sites for hydroxylation is 1. The van der Waals surface area contributed by atoms with Gasteiger partial charge in [-0.1, -0.05) is 24.3 Å². The molecule has 0 aliphatic carbocycles. The molecular formula is C15H22N2. The highest BCUT2D eigenvalue weighted by molar-refractivity contribution is 5.37. The van der Waals surface area contributed by atoms with Crippen LogP contribution in [0.15, 0.2) is 30.9 Å². The molecule has 2 rings (SSSR count). The summed E-state index contributed by atoms with van der Waals surface area (Å²) in [6.07, 6.45) is 2.08. The van der Waals surface area contributed by atoms with Crippen molar-refractivity contribution in [1.29, 1.82) is 0 Å². The zero-order chi connectivity index (χ0) is 12.3. The van der Waals surface area contributed by atoms with Crippen LogP contribution >= 0.6 is 0 Å². The third-order valence-corrected chi connectivity index (χ3v) is 3.73. The molecule has 2 heteroatoms. The van der Waals surface area contributed by atoms with Crippen LogP contribution in [0.3, 0.4) is 0 Å². The van der Waals surface area contributed by atoms with Crippen LogP contribution < -0.4 is 5.32 Å². The zero-order valence-electron chi connectivity index (χ0n) is 10.9. The Morgan fingerprint density at radius 3 is 2.65 bits per heavy atom. The van der Waals surface area contributed by atoms with Gasteiger partial charge >= 0.3 is 0 Å². The zero-order valence-corrected chi connectivity index (χ0v) is 10.9. The van der Waals surface area contributed by atoms with E-state index in [1.54, 1.807) is 0 Å². The molecule has 1 aromatic carbocycles. The maximum absolute atomic E-state index is 4.02. The fourth-order valence-corrected chi connectivity index (χ4v) is 2.53. The van der Waals surface area contributed by atoms with Crippen molar-refractivity contribution in [1.82, 2.24) is 10.2 Å². The van der Waals surface area contributed by atoms with E-state index in [1.807, 2.05) is 0 Å². The molecule has 92 valence electrons. The number of benzene rings is 1. The summed E-state index contributed by atoms with van der Waals surface area (Å²) in [5, 5.41) is 3.40. The molecule has 0 bridgehead atoms. The molecule has 1 aliphatic heterocycles. The Hall–Kier alpha value is -1.12. The summed E-state index contributed by atoms with van der Waals surface area (Å²) < 4.78 is 0. The molecule has 1 heterocycles. The van der Waals surface area contributed by atoms with E-state index in [1.165, 1.54) is 16.7 Å². The molecule has 1 aliphatic rings. The number of nitrogens with zero attached hydrogens (tertiary/aromatic N) is 1. The highest BCUT2D eigenvalue weighted by Gasteiger charge is 2.20. The van der Waals surface area contributed by atoms with Gasteiger partial charge in [-0.2, -0.15) is 0 Å². The molecule has 17 heavy (non-hydrogen) atoms. The molecule has 1 saturated heterocycles. The fourth-order valence-electron chi connectivity index (χ4n) is 2.53. The molecule has 0 unspecified atom stereocenters. The van der Waals surface area contributed by atoms with Crippen LogP contribution in [0.2, 0.25) is 0 Å². The van der Waals surface area contributed by atoms with Gasteiger partial charge in [-0.25, -0.2) is 0 Å². The molecule has 1 atom stereocenters. The van der Waals surface area contributed by atoms with Gasteiger partial charge < -0.3 is 5.32 Å². The Bertz CT molecular complexity index is 392. The lowest BCUT2D eigenvalue weighted by molar-refractivity contribution is 0.203. The normalized spacial score (nSPS) is 18.9. The lowest BCUT2D eigenvalue weighted by Gasteiger charge is -2.34. The first-order valence-corrected chi connectivity index (χ1v) is 6.37. The molecule has 2 nitrogen and oxygen atoms in total. The van der Waals surface area contributed by atoms with Crippen molar-refractivity contribution in [2.45, 2.75) is 19.9 Å². The van der Waals surface area contributed by atoms with Crippen molar-refractivity contribution in [2.75, 3.05) is 26.2 Å². The monoisotopic (exact) mass is 230 g/mol. The van der Waals surface area contributed by atoms with Crippen LogP contribution in [0.25, 0.3) is 0 Å². The van der Waals surface area contributed by atoms with Crippen LogP contribution in [0.5, 0.6) is 0 Å². The second-order valence-electron chi connectivity index (χ2n) is 4.76. The van der Waals surface area contributed by atoms with E-state index in [4.69, 9.17) is 0 Å². The first-order chi connectivity index (χ1) is 8.24. The number of piperazine rings is 1. The standard InChI is InChI=1S/C15H22N2/c1-4-15(17-10-8-16-9-11-17)14-7-5-6-12(2)13(14)3/h4-7,15-16H,1,8-11H2,2-3H3/t15-/m1/s1. The Balaban J connectivity index is 2.27. The summed E-state index contributed by atoms with van der Waals surface area (Å²) in [7, 11) is 0. The maximum atomic E-state index is 4.02. The summed E-state index contributed by atoms with van der Waals surface area (Å²) in [6, 6.07) is 6.92. The largest absolute Gasteiger partial charge is 0.314 e. The third kappa shape index (κ3) is 2.59. The predicted octanol–water partition coefficient (Wildman–Crippen LogP) is 2.44. The molecule has 0 saturated carbocycles. The van der Waals surface area contributed by atoms with Crippen molar-refractivity contribution in [2.24, 2.45) is 0 Å². The Kier molecular flexibility index (Phi) is 3.97. The molecule has 1 N–H and O–H groups in total. The summed E-state index contributed by atoms with van der Waals surface area (Å²) in [4.78, 5) is 2.51. The van der Waals surface area contributed by atoms with E-state index in [-0.39, 0.29) is 0 Å². The van der Waals surface area contributed by atoms with Crippen molar-refractivity contribution >= 4 is 0 Å². The quantitative estimate of drug-likeness (QED) is 0.802. The summed E-state index contributed by atoms with van der Waals surface area (Å²) in [5.74, 6) is 0. The minimum absolute atomic E-state index is 0.358.